The standard InChI is InChI=1S/C7H9NO/c1-6-2-7(1)4-9-5-8(7)3-6/h1H,2-5H2/t7-/m0/s1. The summed E-state index contributed by atoms with van der Waals surface area (Å²) in [5.41, 5.74) is 2.02. The molecule has 0 aromatic rings. The summed E-state index contributed by atoms with van der Waals surface area (Å²) >= 11 is 0. The van der Waals surface area contributed by atoms with E-state index in [1.165, 1.54) is 13.0 Å². The largest absolute Gasteiger partial charge is 0.364 e. The zero-order chi connectivity index (χ0) is 5.90. The first kappa shape index (κ1) is 4.47. The van der Waals surface area contributed by atoms with E-state index in [9.17, 15) is 0 Å². The Bertz CT molecular complexity index is 195. The summed E-state index contributed by atoms with van der Waals surface area (Å²) < 4.78 is 5.33. The van der Waals surface area contributed by atoms with Crippen molar-refractivity contribution in [3.63, 3.8) is 0 Å². The van der Waals surface area contributed by atoms with E-state index in [-0.39, 0.29) is 0 Å². The molecule has 0 unspecified atom stereocenters. The molecule has 4 aliphatic rings. The summed E-state index contributed by atoms with van der Waals surface area (Å²) in [4.78, 5) is 2.42. The first-order chi connectivity index (χ1) is 4.39. The summed E-state index contributed by atoms with van der Waals surface area (Å²) in [5, 5.41) is 0. The average Bonchev–Trinajstić information content (AvgIpc) is 2.11. The maximum Gasteiger partial charge on any atom is 0.100 e. The van der Waals surface area contributed by atoms with Gasteiger partial charge in [-0.25, -0.2) is 0 Å². The van der Waals surface area contributed by atoms with Crippen LogP contribution in [0.4, 0.5) is 0 Å². The molecule has 1 aliphatic carbocycles. The normalized spacial score (nSPS) is 46.4. The van der Waals surface area contributed by atoms with Crippen molar-refractivity contribution in [2.24, 2.45) is 0 Å². The molecule has 0 saturated carbocycles. The molecule has 1 atom stereocenters. The van der Waals surface area contributed by atoms with Crippen molar-refractivity contribution in [2.45, 2.75) is 12.0 Å². The number of hydrogen-bond acceptors (Lipinski definition) is 2. The van der Waals surface area contributed by atoms with Crippen LogP contribution < -0.4 is 0 Å². The monoisotopic (exact) mass is 123 g/mol. The van der Waals surface area contributed by atoms with Gasteiger partial charge in [-0.1, -0.05) is 11.6 Å². The van der Waals surface area contributed by atoms with Gasteiger partial charge >= 0.3 is 0 Å². The van der Waals surface area contributed by atoms with Crippen LogP contribution in [0.25, 0.3) is 0 Å². The molecule has 2 nitrogen and oxygen atoms in total. The minimum Gasteiger partial charge on any atom is -0.364 e. The van der Waals surface area contributed by atoms with Gasteiger partial charge in [0.2, 0.25) is 0 Å². The van der Waals surface area contributed by atoms with E-state index in [1.54, 1.807) is 5.57 Å². The lowest BCUT2D eigenvalue weighted by Gasteiger charge is -2.28. The Labute approximate surface area is 54.1 Å². The van der Waals surface area contributed by atoms with Gasteiger partial charge in [0.1, 0.15) is 6.73 Å². The summed E-state index contributed by atoms with van der Waals surface area (Å²) in [7, 11) is 0. The third-order valence-corrected chi connectivity index (χ3v) is 2.63. The van der Waals surface area contributed by atoms with Gasteiger partial charge in [-0.05, 0) is 6.42 Å². The molecule has 1 spiro atoms. The fourth-order valence-corrected chi connectivity index (χ4v) is 2.14. The lowest BCUT2D eigenvalue weighted by molar-refractivity contribution is 0.147. The lowest BCUT2D eigenvalue weighted by atomic mass is 9.85. The van der Waals surface area contributed by atoms with Crippen molar-refractivity contribution in [2.75, 3.05) is 19.9 Å². The summed E-state index contributed by atoms with van der Waals surface area (Å²) in [6.07, 6.45) is 3.66. The van der Waals surface area contributed by atoms with Crippen molar-refractivity contribution >= 4 is 0 Å². The summed E-state index contributed by atoms with van der Waals surface area (Å²) in [6, 6.07) is 0. The topological polar surface area (TPSA) is 12.5 Å². The molecule has 0 aromatic heterocycles. The van der Waals surface area contributed by atoms with Crippen LogP contribution in [-0.2, 0) is 4.74 Å². The minimum atomic E-state index is 0.398. The molecule has 2 heteroatoms. The molecule has 0 amide bonds. The van der Waals surface area contributed by atoms with E-state index >= 15 is 0 Å². The molecule has 2 fully saturated rings. The second-order valence-corrected chi connectivity index (χ2v) is 3.26. The molecule has 3 aliphatic heterocycles. The van der Waals surface area contributed by atoms with Gasteiger partial charge in [0, 0.05) is 6.54 Å². The third-order valence-electron chi connectivity index (χ3n) is 2.63. The van der Waals surface area contributed by atoms with E-state index in [4.69, 9.17) is 4.74 Å². The lowest BCUT2D eigenvalue weighted by Crippen LogP contribution is -2.39. The van der Waals surface area contributed by atoms with E-state index in [0.717, 1.165) is 13.3 Å². The number of hydrogen-bond donors (Lipinski definition) is 0. The van der Waals surface area contributed by atoms with Crippen LogP contribution in [0.5, 0.6) is 0 Å². The maximum absolute atomic E-state index is 5.33. The fraction of sp³-hybridized carbons (Fsp3) is 0.714. The first-order valence-electron chi connectivity index (χ1n) is 3.42. The highest BCUT2D eigenvalue weighted by Crippen LogP contribution is 2.46. The average molecular weight is 123 g/mol. The Hall–Kier alpha value is -0.340. The Balaban J connectivity index is 2.09. The quantitative estimate of drug-likeness (QED) is 0.431. The van der Waals surface area contributed by atoms with Gasteiger partial charge < -0.3 is 4.74 Å². The van der Waals surface area contributed by atoms with Gasteiger partial charge in [0.25, 0.3) is 0 Å². The fourth-order valence-electron chi connectivity index (χ4n) is 2.14. The first-order valence-corrected chi connectivity index (χ1v) is 3.42. The van der Waals surface area contributed by atoms with Crippen LogP contribution in [0.2, 0.25) is 0 Å². The van der Waals surface area contributed by atoms with Gasteiger partial charge in [-0.2, -0.15) is 0 Å². The second-order valence-electron chi connectivity index (χ2n) is 3.26. The highest BCUT2D eigenvalue weighted by atomic mass is 16.5. The molecule has 0 N–H and O–H groups in total. The highest BCUT2D eigenvalue weighted by Gasteiger charge is 2.52. The maximum atomic E-state index is 5.33. The van der Waals surface area contributed by atoms with Crippen molar-refractivity contribution in [1.29, 1.82) is 0 Å². The number of ether oxygens (including phenoxy) is 1. The molecule has 2 saturated heterocycles. The predicted molar refractivity (Wildman–Crippen MR) is 33.0 cm³/mol. The van der Waals surface area contributed by atoms with Gasteiger partial charge in [0.05, 0.1) is 12.1 Å². The van der Waals surface area contributed by atoms with E-state index in [2.05, 4.69) is 11.0 Å². The zero-order valence-corrected chi connectivity index (χ0v) is 5.26. The van der Waals surface area contributed by atoms with E-state index < -0.39 is 0 Å². The smallest absolute Gasteiger partial charge is 0.100 e. The number of nitrogens with zero attached hydrogens (tertiary/aromatic N) is 1. The molecular formula is C7H9NO. The van der Waals surface area contributed by atoms with Gasteiger partial charge in [-0.15, -0.1) is 0 Å². The van der Waals surface area contributed by atoms with Crippen LogP contribution in [-0.4, -0.2) is 30.3 Å². The van der Waals surface area contributed by atoms with Crippen molar-refractivity contribution in [3.8, 4) is 0 Å². The van der Waals surface area contributed by atoms with Crippen LogP contribution >= 0.6 is 0 Å². The predicted octanol–water partition coefficient (Wildman–Crippen LogP) is 0.359. The Kier molecular flexibility index (Phi) is 0.541. The molecule has 9 heavy (non-hydrogen) atoms. The van der Waals surface area contributed by atoms with Crippen LogP contribution in [0, 0.1) is 0 Å². The second kappa shape index (κ2) is 1.09. The van der Waals surface area contributed by atoms with Crippen molar-refractivity contribution in [1.82, 2.24) is 4.90 Å². The Morgan fingerprint density at radius 2 is 2.56 bits per heavy atom. The molecular weight excluding hydrogens is 114 g/mol. The highest BCUT2D eigenvalue weighted by molar-refractivity contribution is 5.38. The molecule has 3 heterocycles. The molecule has 2 bridgehead atoms. The SMILES string of the molecule is C1=C2CN3COC[C@@]13C2. The Morgan fingerprint density at radius 3 is 3.33 bits per heavy atom. The van der Waals surface area contributed by atoms with Crippen molar-refractivity contribution in [3.05, 3.63) is 11.6 Å². The zero-order valence-electron chi connectivity index (χ0n) is 5.26. The van der Waals surface area contributed by atoms with E-state index in [1.807, 2.05) is 0 Å². The van der Waals surface area contributed by atoms with Crippen LogP contribution in [0.3, 0.4) is 0 Å². The third kappa shape index (κ3) is 0.345. The van der Waals surface area contributed by atoms with Gasteiger partial charge in [0.15, 0.2) is 0 Å². The Morgan fingerprint density at radius 1 is 1.67 bits per heavy atom. The summed E-state index contributed by atoms with van der Waals surface area (Å²) in [5.74, 6) is 0. The molecule has 4 rings (SSSR count). The van der Waals surface area contributed by atoms with Crippen LogP contribution in [0.15, 0.2) is 11.6 Å². The molecule has 48 valence electrons. The number of rotatable bonds is 0. The minimum absolute atomic E-state index is 0.398. The summed E-state index contributed by atoms with van der Waals surface area (Å²) in [6.45, 7) is 2.98. The molecule has 0 aromatic carbocycles. The van der Waals surface area contributed by atoms with Gasteiger partial charge in [-0.3, -0.25) is 4.90 Å². The van der Waals surface area contributed by atoms with E-state index in [0.29, 0.717) is 5.54 Å². The molecule has 0 radical (unpaired) electrons. The van der Waals surface area contributed by atoms with Crippen LogP contribution in [0.1, 0.15) is 6.42 Å². The van der Waals surface area contributed by atoms with Crippen molar-refractivity contribution < 1.29 is 4.74 Å².